The fourth-order valence-electron chi connectivity index (χ4n) is 3.13. The van der Waals surface area contributed by atoms with Crippen LogP contribution in [0.2, 0.25) is 0 Å². The van der Waals surface area contributed by atoms with Gasteiger partial charge in [0.25, 0.3) is 0 Å². The Labute approximate surface area is 160 Å². The van der Waals surface area contributed by atoms with Gasteiger partial charge < -0.3 is 14.7 Å². The van der Waals surface area contributed by atoms with Crippen LogP contribution in [0.5, 0.6) is 0 Å². The molecule has 5 nitrogen and oxygen atoms in total. The van der Waals surface area contributed by atoms with Crippen LogP contribution >= 0.6 is 0 Å². The molecule has 0 aliphatic rings. The highest BCUT2D eigenvalue weighted by atomic mass is 16.5. The van der Waals surface area contributed by atoms with Gasteiger partial charge in [-0.3, -0.25) is 9.59 Å². The molecule has 2 unspecified atom stereocenters. The number of hydrogen-bond donors (Lipinski definition) is 1. The first kappa shape index (κ1) is 20.6. The molecule has 0 saturated heterocycles. The number of hydrogen-bond acceptors (Lipinski definition) is 4. The molecular weight excluding hydrogens is 342 g/mol. The molecule has 0 fully saturated rings. The molecule has 5 heteroatoms. The summed E-state index contributed by atoms with van der Waals surface area (Å²) in [5.41, 5.74) is 1.74. The van der Waals surface area contributed by atoms with E-state index in [1.807, 2.05) is 60.7 Å². The predicted octanol–water partition coefficient (Wildman–Crippen LogP) is 2.84. The van der Waals surface area contributed by atoms with E-state index in [0.29, 0.717) is 0 Å². The molecule has 0 radical (unpaired) electrons. The molecule has 0 aromatic heterocycles. The lowest BCUT2D eigenvalue weighted by atomic mass is 9.89. The zero-order valence-corrected chi connectivity index (χ0v) is 16.0. The van der Waals surface area contributed by atoms with Gasteiger partial charge in [0, 0.05) is 13.1 Å². The normalized spacial score (nSPS) is 13.1. The molecule has 0 bridgehead atoms. The molecule has 2 aromatic carbocycles. The van der Waals surface area contributed by atoms with Gasteiger partial charge in [-0.2, -0.15) is 0 Å². The maximum Gasteiger partial charge on any atom is 0.310 e. The fraction of sp³-hybridized carbons (Fsp3) is 0.364. The first-order chi connectivity index (χ1) is 12.9. The molecule has 1 N–H and O–H groups in total. The number of ether oxygens (including phenoxy) is 1. The van der Waals surface area contributed by atoms with Crippen LogP contribution in [0.25, 0.3) is 0 Å². The largest absolute Gasteiger partial charge is 0.469 e. The topological polar surface area (TPSA) is 66.8 Å². The smallest absolute Gasteiger partial charge is 0.310 e. The van der Waals surface area contributed by atoms with Crippen molar-refractivity contribution < 1.29 is 19.4 Å². The second kappa shape index (κ2) is 9.88. The molecule has 27 heavy (non-hydrogen) atoms. The summed E-state index contributed by atoms with van der Waals surface area (Å²) in [7, 11) is 1.33. The van der Waals surface area contributed by atoms with Crippen molar-refractivity contribution in [2.24, 2.45) is 5.92 Å². The molecule has 0 saturated carbocycles. The summed E-state index contributed by atoms with van der Waals surface area (Å²) in [6.45, 7) is 3.68. The van der Waals surface area contributed by atoms with Crippen molar-refractivity contribution in [2.75, 3.05) is 20.2 Å². The van der Waals surface area contributed by atoms with Crippen LogP contribution in [0.4, 0.5) is 0 Å². The standard InChI is InChI=1S/C22H27NO4/c1-16(22(26)27-3)14-23(15-17(2)24)21(25)20(18-10-6-4-7-11-18)19-12-8-5-9-13-19/h4-13,16-17,20,24H,14-15H2,1-3H3. The van der Waals surface area contributed by atoms with E-state index in [1.54, 1.807) is 18.7 Å². The Morgan fingerprint density at radius 1 is 0.926 bits per heavy atom. The molecule has 2 atom stereocenters. The molecule has 144 valence electrons. The first-order valence-corrected chi connectivity index (χ1v) is 9.08. The molecule has 0 spiro atoms. The molecule has 0 aliphatic heterocycles. The van der Waals surface area contributed by atoms with Gasteiger partial charge in [-0.05, 0) is 18.1 Å². The zero-order chi connectivity index (χ0) is 19.8. The van der Waals surface area contributed by atoms with Crippen LogP contribution in [-0.2, 0) is 14.3 Å². The Morgan fingerprint density at radius 3 is 1.81 bits per heavy atom. The van der Waals surface area contributed by atoms with Crippen LogP contribution in [0.15, 0.2) is 60.7 Å². The van der Waals surface area contributed by atoms with Crippen LogP contribution < -0.4 is 0 Å². The van der Waals surface area contributed by atoms with Crippen molar-refractivity contribution in [3.05, 3.63) is 71.8 Å². The lowest BCUT2D eigenvalue weighted by Gasteiger charge is -2.30. The number of nitrogens with zero attached hydrogens (tertiary/aromatic N) is 1. The Balaban J connectivity index is 2.38. The van der Waals surface area contributed by atoms with Crippen molar-refractivity contribution in [1.82, 2.24) is 4.90 Å². The number of amides is 1. The summed E-state index contributed by atoms with van der Waals surface area (Å²) in [5.74, 6) is -1.51. The number of carbonyl (C=O) groups is 2. The summed E-state index contributed by atoms with van der Waals surface area (Å²) in [5, 5.41) is 9.89. The number of aliphatic hydroxyl groups excluding tert-OH is 1. The van der Waals surface area contributed by atoms with Gasteiger partial charge in [0.15, 0.2) is 0 Å². The number of rotatable bonds is 8. The van der Waals surface area contributed by atoms with Crippen LogP contribution in [-0.4, -0.2) is 48.2 Å². The number of aliphatic hydroxyl groups is 1. The molecule has 0 heterocycles. The van der Waals surface area contributed by atoms with E-state index in [4.69, 9.17) is 4.74 Å². The second-order valence-corrected chi connectivity index (χ2v) is 6.77. The van der Waals surface area contributed by atoms with E-state index in [1.165, 1.54) is 7.11 Å². The predicted molar refractivity (Wildman–Crippen MR) is 104 cm³/mol. The van der Waals surface area contributed by atoms with Crippen molar-refractivity contribution in [1.29, 1.82) is 0 Å². The number of benzene rings is 2. The first-order valence-electron chi connectivity index (χ1n) is 9.08. The van der Waals surface area contributed by atoms with Gasteiger partial charge in [-0.25, -0.2) is 0 Å². The molecule has 0 aliphatic carbocycles. The summed E-state index contributed by atoms with van der Waals surface area (Å²) in [6, 6.07) is 19.1. The highest BCUT2D eigenvalue weighted by molar-refractivity contribution is 5.87. The van der Waals surface area contributed by atoms with Gasteiger partial charge in [-0.15, -0.1) is 0 Å². The van der Waals surface area contributed by atoms with Gasteiger partial charge >= 0.3 is 5.97 Å². The Kier molecular flexibility index (Phi) is 7.55. The lowest BCUT2D eigenvalue weighted by molar-refractivity contribution is -0.146. The third kappa shape index (κ3) is 5.66. The lowest BCUT2D eigenvalue weighted by Crippen LogP contribution is -2.43. The summed E-state index contributed by atoms with van der Waals surface area (Å²) < 4.78 is 4.79. The molecule has 1 amide bonds. The monoisotopic (exact) mass is 369 g/mol. The van der Waals surface area contributed by atoms with Gasteiger partial charge in [-0.1, -0.05) is 67.6 Å². The van der Waals surface area contributed by atoms with E-state index in [0.717, 1.165) is 11.1 Å². The number of esters is 1. The minimum absolute atomic E-state index is 0.149. The third-order valence-corrected chi connectivity index (χ3v) is 4.41. The average Bonchev–Trinajstić information content (AvgIpc) is 2.68. The molecular formula is C22H27NO4. The highest BCUT2D eigenvalue weighted by Gasteiger charge is 2.30. The van der Waals surface area contributed by atoms with E-state index in [9.17, 15) is 14.7 Å². The minimum Gasteiger partial charge on any atom is -0.469 e. The minimum atomic E-state index is -0.703. The van der Waals surface area contributed by atoms with Gasteiger partial charge in [0.2, 0.25) is 5.91 Å². The Morgan fingerprint density at radius 2 is 1.41 bits per heavy atom. The zero-order valence-electron chi connectivity index (χ0n) is 16.0. The summed E-state index contributed by atoms with van der Waals surface area (Å²) in [6.07, 6.45) is -0.703. The van der Waals surface area contributed by atoms with E-state index < -0.39 is 17.9 Å². The third-order valence-electron chi connectivity index (χ3n) is 4.41. The van der Waals surface area contributed by atoms with Crippen molar-refractivity contribution >= 4 is 11.9 Å². The van der Waals surface area contributed by atoms with Crippen LogP contribution in [0.1, 0.15) is 30.9 Å². The molecule has 2 aromatic rings. The highest BCUT2D eigenvalue weighted by Crippen LogP contribution is 2.27. The Bertz CT molecular complexity index is 691. The maximum absolute atomic E-state index is 13.5. The summed E-state index contributed by atoms with van der Waals surface area (Å²) >= 11 is 0. The van der Waals surface area contributed by atoms with E-state index >= 15 is 0 Å². The van der Waals surface area contributed by atoms with Gasteiger partial charge in [0.05, 0.1) is 25.0 Å². The number of methoxy groups -OCH3 is 1. The van der Waals surface area contributed by atoms with Crippen LogP contribution in [0, 0.1) is 5.92 Å². The molecule has 2 rings (SSSR count). The van der Waals surface area contributed by atoms with E-state index in [2.05, 4.69) is 0 Å². The SMILES string of the molecule is COC(=O)C(C)CN(CC(C)O)C(=O)C(c1ccccc1)c1ccccc1. The van der Waals surface area contributed by atoms with Crippen molar-refractivity contribution in [3.8, 4) is 0 Å². The average molecular weight is 369 g/mol. The van der Waals surface area contributed by atoms with Crippen molar-refractivity contribution in [3.63, 3.8) is 0 Å². The second-order valence-electron chi connectivity index (χ2n) is 6.77. The van der Waals surface area contributed by atoms with Crippen molar-refractivity contribution in [2.45, 2.75) is 25.9 Å². The van der Waals surface area contributed by atoms with Crippen LogP contribution in [0.3, 0.4) is 0 Å². The fourth-order valence-corrected chi connectivity index (χ4v) is 3.13. The quantitative estimate of drug-likeness (QED) is 0.727. The van der Waals surface area contributed by atoms with E-state index in [-0.39, 0.29) is 25.0 Å². The maximum atomic E-state index is 13.5. The number of carbonyl (C=O) groups excluding carboxylic acids is 2. The Hall–Kier alpha value is -2.66. The summed E-state index contributed by atoms with van der Waals surface area (Å²) in [4.78, 5) is 26.9. The van der Waals surface area contributed by atoms with Gasteiger partial charge in [0.1, 0.15) is 0 Å².